The van der Waals surface area contributed by atoms with E-state index in [4.69, 9.17) is 0 Å². The molecular weight excluding hydrogens is 467 g/mol. The minimum absolute atomic E-state index is 0. The molecule has 0 aliphatic carbocycles. The number of carbonyl (C=O) groups is 1. The molecule has 1 rings (SSSR count). The maximum absolute atomic E-state index is 11.9. The van der Waals surface area contributed by atoms with Crippen molar-refractivity contribution in [3.63, 3.8) is 0 Å². The third-order valence-electron chi connectivity index (χ3n) is 4.70. The molecule has 12 heteroatoms. The minimum atomic E-state index is -4.46. The molecule has 0 fully saturated rings. The SMILES string of the molecule is CCCCCCCC(=O)NCC#Cc1cn(CCCCCCP(=O)([O-])[O-])c(=O)[nH]c1=O.[Na+].[Na+]. The van der Waals surface area contributed by atoms with Gasteiger partial charge < -0.3 is 19.7 Å². The van der Waals surface area contributed by atoms with Crippen molar-refractivity contribution in [2.45, 2.75) is 77.7 Å². The number of H-pyrrole nitrogens is 1. The Morgan fingerprint density at radius 2 is 1.70 bits per heavy atom. The van der Waals surface area contributed by atoms with E-state index in [2.05, 4.69) is 29.1 Å². The van der Waals surface area contributed by atoms with Gasteiger partial charge >= 0.3 is 64.8 Å². The molecule has 9 nitrogen and oxygen atoms in total. The van der Waals surface area contributed by atoms with Crippen LogP contribution in [-0.4, -0.2) is 28.2 Å². The van der Waals surface area contributed by atoms with Crippen LogP contribution in [0.3, 0.4) is 0 Å². The molecule has 0 aromatic carbocycles. The fraction of sp³-hybridized carbons (Fsp3) is 0.667. The second kappa shape index (κ2) is 20.1. The van der Waals surface area contributed by atoms with Crippen molar-refractivity contribution >= 4 is 13.5 Å². The van der Waals surface area contributed by atoms with Gasteiger partial charge in [0.1, 0.15) is 5.56 Å². The Kier molecular flexibility index (Phi) is 21.3. The van der Waals surface area contributed by atoms with Gasteiger partial charge in [0.05, 0.1) is 6.54 Å². The summed E-state index contributed by atoms with van der Waals surface area (Å²) in [5.41, 5.74) is -1.000. The summed E-state index contributed by atoms with van der Waals surface area (Å²) in [5, 5.41) is 2.70. The van der Waals surface area contributed by atoms with Gasteiger partial charge in [0.2, 0.25) is 5.91 Å². The van der Waals surface area contributed by atoms with Gasteiger partial charge in [-0.25, -0.2) is 4.79 Å². The van der Waals surface area contributed by atoms with E-state index in [1.165, 1.54) is 17.2 Å². The summed E-state index contributed by atoms with van der Waals surface area (Å²) in [6.07, 6.45) is 8.92. The minimum Gasteiger partial charge on any atom is -0.811 e. The van der Waals surface area contributed by atoms with E-state index in [-0.39, 0.29) is 83.3 Å². The predicted molar refractivity (Wildman–Crippen MR) is 116 cm³/mol. The number of rotatable bonds is 14. The summed E-state index contributed by atoms with van der Waals surface area (Å²) in [6, 6.07) is 0. The molecule has 0 radical (unpaired) electrons. The van der Waals surface area contributed by atoms with Crippen molar-refractivity contribution < 1.29 is 78.3 Å². The van der Waals surface area contributed by atoms with Crippen LogP contribution in [0.1, 0.15) is 76.7 Å². The Hall–Kier alpha value is -0.140. The molecule has 33 heavy (non-hydrogen) atoms. The zero-order chi connectivity index (χ0) is 23.1. The van der Waals surface area contributed by atoms with Crippen molar-refractivity contribution in [3.8, 4) is 11.8 Å². The van der Waals surface area contributed by atoms with Crippen LogP contribution in [0.15, 0.2) is 15.8 Å². The predicted octanol–water partition coefficient (Wildman–Crippen LogP) is -5.15. The number of unbranched alkanes of at least 4 members (excludes halogenated alkanes) is 7. The average Bonchev–Trinajstić information content (AvgIpc) is 2.69. The third kappa shape index (κ3) is 17.9. The van der Waals surface area contributed by atoms with Gasteiger partial charge in [-0.2, -0.15) is 0 Å². The number of hydrogen-bond acceptors (Lipinski definition) is 6. The first-order valence-electron chi connectivity index (χ1n) is 10.8. The van der Waals surface area contributed by atoms with Crippen LogP contribution in [-0.2, 0) is 15.9 Å². The van der Waals surface area contributed by atoms with Crippen molar-refractivity contribution in [1.29, 1.82) is 0 Å². The van der Waals surface area contributed by atoms with Crippen molar-refractivity contribution in [1.82, 2.24) is 14.9 Å². The van der Waals surface area contributed by atoms with Crippen LogP contribution >= 0.6 is 7.60 Å². The van der Waals surface area contributed by atoms with E-state index >= 15 is 0 Å². The second-order valence-corrected chi connectivity index (χ2v) is 9.16. The molecule has 1 amide bonds. The maximum Gasteiger partial charge on any atom is 1.00 e. The van der Waals surface area contributed by atoms with Crippen molar-refractivity contribution in [2.24, 2.45) is 0 Å². The Labute approximate surface area is 239 Å². The van der Waals surface area contributed by atoms with Gasteiger partial charge in [-0.1, -0.05) is 64.9 Å². The van der Waals surface area contributed by atoms with Crippen LogP contribution in [0.4, 0.5) is 0 Å². The summed E-state index contributed by atoms with van der Waals surface area (Å²) in [4.78, 5) is 59.0. The van der Waals surface area contributed by atoms with E-state index in [1.54, 1.807) is 0 Å². The van der Waals surface area contributed by atoms with E-state index in [0.717, 1.165) is 25.7 Å². The normalized spacial score (nSPS) is 10.4. The summed E-state index contributed by atoms with van der Waals surface area (Å²) in [7, 11) is -4.46. The molecule has 0 saturated heterocycles. The van der Waals surface area contributed by atoms with Crippen LogP contribution in [0.25, 0.3) is 0 Å². The number of aryl methyl sites for hydroxylation is 1. The summed E-state index contributed by atoms with van der Waals surface area (Å²) in [6.45, 7) is 2.60. The van der Waals surface area contributed by atoms with Crippen molar-refractivity contribution in [2.75, 3.05) is 12.7 Å². The summed E-state index contributed by atoms with van der Waals surface area (Å²) < 4.78 is 11.9. The number of amides is 1. The van der Waals surface area contributed by atoms with E-state index in [1.807, 2.05) is 0 Å². The Morgan fingerprint density at radius 1 is 1.06 bits per heavy atom. The standard InChI is InChI=1S/C21H34N3O6P.2Na/c1-2-3-4-5-8-13-19(25)22-14-11-12-18-17-24(21(27)23-20(18)26)15-9-6-7-10-16-31(28,29)30;;/h17H,2-10,13-16H2,1H3,(H,22,25)(H,23,26,27)(H2,28,29,30);;/q;2*+1/p-2. The van der Waals surface area contributed by atoms with E-state index in [0.29, 0.717) is 38.6 Å². The van der Waals surface area contributed by atoms with E-state index < -0.39 is 18.8 Å². The molecule has 1 aromatic rings. The molecule has 0 atom stereocenters. The van der Waals surface area contributed by atoms with Gasteiger partial charge in [0, 0.05) is 19.2 Å². The number of carbonyl (C=O) groups excluding carboxylic acids is 1. The molecule has 1 aromatic heterocycles. The molecule has 174 valence electrons. The first-order valence-corrected chi connectivity index (χ1v) is 12.6. The van der Waals surface area contributed by atoms with Crippen molar-refractivity contribution in [3.05, 3.63) is 32.6 Å². The first kappa shape index (κ1) is 35.0. The van der Waals surface area contributed by atoms with Gasteiger partial charge in [0.15, 0.2) is 0 Å². The number of aromatic amines is 1. The fourth-order valence-electron chi connectivity index (χ4n) is 2.97. The Balaban J connectivity index is 0. The molecular formula is C21H32N3Na2O6P. The molecule has 1 heterocycles. The summed E-state index contributed by atoms with van der Waals surface area (Å²) >= 11 is 0. The van der Waals surface area contributed by atoms with Crippen LogP contribution in [0.5, 0.6) is 0 Å². The van der Waals surface area contributed by atoms with Gasteiger partial charge in [-0.15, -0.1) is 0 Å². The summed E-state index contributed by atoms with van der Waals surface area (Å²) in [5.74, 6) is 5.33. The van der Waals surface area contributed by atoms with E-state index in [9.17, 15) is 28.7 Å². The first-order chi connectivity index (χ1) is 14.7. The smallest absolute Gasteiger partial charge is 0.811 e. The largest absolute Gasteiger partial charge is 1.00 e. The zero-order valence-corrected chi connectivity index (χ0v) is 25.0. The molecule has 0 unspecified atom stereocenters. The quantitative estimate of drug-likeness (QED) is 0.113. The van der Waals surface area contributed by atoms with Gasteiger partial charge in [-0.05, 0) is 25.4 Å². The molecule has 0 saturated carbocycles. The number of hydrogen-bond donors (Lipinski definition) is 2. The number of nitrogens with one attached hydrogen (secondary N) is 2. The fourth-order valence-corrected chi connectivity index (χ4v) is 3.58. The van der Waals surface area contributed by atoms with Crippen LogP contribution in [0.2, 0.25) is 0 Å². The topological polar surface area (TPSA) is 147 Å². The van der Waals surface area contributed by atoms with Crippen LogP contribution in [0, 0.1) is 11.8 Å². The number of aromatic nitrogens is 2. The number of nitrogens with zero attached hydrogens (tertiary/aromatic N) is 1. The average molecular weight is 499 g/mol. The monoisotopic (exact) mass is 499 g/mol. The molecule has 0 aliphatic rings. The molecule has 0 spiro atoms. The second-order valence-electron chi connectivity index (χ2n) is 7.49. The van der Waals surface area contributed by atoms with Crippen LogP contribution < -0.4 is 85.5 Å². The zero-order valence-electron chi connectivity index (χ0n) is 20.1. The third-order valence-corrected chi connectivity index (χ3v) is 5.56. The maximum atomic E-state index is 11.9. The Morgan fingerprint density at radius 3 is 2.36 bits per heavy atom. The molecule has 0 bridgehead atoms. The van der Waals surface area contributed by atoms with Gasteiger partial charge in [0.25, 0.3) is 5.56 Å². The van der Waals surface area contributed by atoms with Gasteiger partial charge in [-0.3, -0.25) is 19.1 Å². The molecule has 0 aliphatic heterocycles. The Bertz CT molecular complexity index is 917. The molecule has 2 N–H and O–H groups in total.